The largest absolute Gasteiger partial charge is 0.371 e. The van der Waals surface area contributed by atoms with Gasteiger partial charge in [-0.3, -0.25) is 14.9 Å². The van der Waals surface area contributed by atoms with Crippen molar-refractivity contribution >= 4 is 51.2 Å². The van der Waals surface area contributed by atoms with Crippen LogP contribution in [0.5, 0.6) is 0 Å². The van der Waals surface area contributed by atoms with Crippen molar-refractivity contribution < 1.29 is 14.4 Å². The molecule has 0 spiro atoms. The topological polar surface area (TPSA) is 69.7 Å². The Labute approximate surface area is 177 Å². The molecule has 29 heavy (non-hydrogen) atoms. The molecule has 4 amide bonds. The molecule has 2 fully saturated rings. The van der Waals surface area contributed by atoms with Crippen molar-refractivity contribution in [2.45, 2.75) is 19.8 Å². The Bertz CT molecular complexity index is 1020. The molecule has 148 valence electrons. The van der Waals surface area contributed by atoms with Crippen molar-refractivity contribution in [3.63, 3.8) is 0 Å². The molecule has 2 heterocycles. The zero-order valence-electron chi connectivity index (χ0n) is 15.9. The summed E-state index contributed by atoms with van der Waals surface area (Å²) >= 11 is 3.33. The van der Waals surface area contributed by atoms with E-state index in [1.807, 2.05) is 25.1 Å². The molecule has 2 aliphatic rings. The van der Waals surface area contributed by atoms with Gasteiger partial charge in [0.05, 0.1) is 5.69 Å². The fraction of sp³-hybridized carbons (Fsp3) is 0.227. The van der Waals surface area contributed by atoms with Gasteiger partial charge in [0.1, 0.15) is 5.57 Å². The number of nitrogens with one attached hydrogen (secondary N) is 1. The van der Waals surface area contributed by atoms with Crippen molar-refractivity contribution in [1.29, 1.82) is 0 Å². The predicted octanol–water partition coefficient (Wildman–Crippen LogP) is 4.02. The third-order valence-electron chi connectivity index (χ3n) is 5.17. The van der Waals surface area contributed by atoms with Crippen molar-refractivity contribution in [2.24, 2.45) is 0 Å². The Kier molecular flexibility index (Phi) is 5.24. The first-order chi connectivity index (χ1) is 13.9. The molecule has 4 rings (SSSR count). The average Bonchev–Trinajstić information content (AvgIpc) is 3.21. The number of hydrogen-bond acceptors (Lipinski definition) is 4. The normalized spacial score (nSPS) is 18.6. The maximum absolute atomic E-state index is 13.0. The van der Waals surface area contributed by atoms with Gasteiger partial charge in [0.2, 0.25) is 0 Å². The number of barbiturate groups is 1. The number of urea groups is 1. The van der Waals surface area contributed by atoms with E-state index in [9.17, 15) is 14.4 Å². The SMILES string of the molecule is Cc1cc(/C=C2\C(=O)NC(=O)N(c3ccc(Br)cc3)C2=O)ccc1N1CCCC1. The third-order valence-corrected chi connectivity index (χ3v) is 5.69. The van der Waals surface area contributed by atoms with Gasteiger partial charge in [-0.05, 0) is 73.4 Å². The molecular formula is C22H20BrN3O3. The summed E-state index contributed by atoms with van der Waals surface area (Å²) in [5.41, 5.74) is 3.34. The smallest absolute Gasteiger partial charge is 0.335 e. The van der Waals surface area contributed by atoms with Gasteiger partial charge in [-0.15, -0.1) is 0 Å². The highest BCUT2D eigenvalue weighted by atomic mass is 79.9. The van der Waals surface area contributed by atoms with E-state index in [1.165, 1.54) is 24.6 Å². The van der Waals surface area contributed by atoms with Crippen LogP contribution in [0.1, 0.15) is 24.0 Å². The summed E-state index contributed by atoms with van der Waals surface area (Å²) in [6.07, 6.45) is 3.93. The summed E-state index contributed by atoms with van der Waals surface area (Å²) in [6, 6.07) is 11.9. The molecule has 0 radical (unpaired) electrons. The van der Waals surface area contributed by atoms with Crippen molar-refractivity contribution in [2.75, 3.05) is 22.9 Å². The van der Waals surface area contributed by atoms with Gasteiger partial charge in [-0.2, -0.15) is 0 Å². The molecule has 6 nitrogen and oxygen atoms in total. The average molecular weight is 454 g/mol. The molecule has 2 aromatic carbocycles. The fourth-order valence-electron chi connectivity index (χ4n) is 3.73. The van der Waals surface area contributed by atoms with E-state index in [2.05, 4.69) is 26.1 Å². The second kappa shape index (κ2) is 7.83. The second-order valence-electron chi connectivity index (χ2n) is 7.17. The van der Waals surface area contributed by atoms with E-state index in [1.54, 1.807) is 24.3 Å². The zero-order chi connectivity index (χ0) is 20.5. The van der Waals surface area contributed by atoms with Crippen LogP contribution >= 0.6 is 15.9 Å². The Balaban J connectivity index is 1.65. The fourth-order valence-corrected chi connectivity index (χ4v) is 3.99. The number of anilines is 2. The number of amides is 4. The van der Waals surface area contributed by atoms with Crippen molar-refractivity contribution in [1.82, 2.24) is 5.32 Å². The summed E-state index contributed by atoms with van der Waals surface area (Å²) in [5, 5.41) is 2.25. The summed E-state index contributed by atoms with van der Waals surface area (Å²) in [6.45, 7) is 4.12. The number of benzene rings is 2. The van der Waals surface area contributed by atoms with Gasteiger partial charge >= 0.3 is 6.03 Å². The molecule has 2 saturated heterocycles. The van der Waals surface area contributed by atoms with E-state index >= 15 is 0 Å². The van der Waals surface area contributed by atoms with Crippen LogP contribution in [0, 0.1) is 6.92 Å². The molecular weight excluding hydrogens is 434 g/mol. The Morgan fingerprint density at radius 2 is 1.69 bits per heavy atom. The van der Waals surface area contributed by atoms with Crippen LogP contribution in [0.2, 0.25) is 0 Å². The standard InChI is InChI=1S/C22H20BrN3O3/c1-14-12-15(4-9-19(14)25-10-2-3-11-25)13-18-20(27)24-22(29)26(21(18)28)17-7-5-16(23)6-8-17/h4-9,12-13H,2-3,10-11H2,1H3,(H,24,27,29)/b18-13+. The van der Waals surface area contributed by atoms with Crippen molar-refractivity contribution in [3.8, 4) is 0 Å². The lowest BCUT2D eigenvalue weighted by molar-refractivity contribution is -0.122. The highest BCUT2D eigenvalue weighted by Gasteiger charge is 2.36. The number of aryl methyl sites for hydroxylation is 1. The molecule has 2 aromatic rings. The van der Waals surface area contributed by atoms with Gasteiger partial charge in [0.25, 0.3) is 11.8 Å². The third kappa shape index (κ3) is 3.82. The number of carbonyl (C=O) groups excluding carboxylic acids is 3. The number of imide groups is 2. The van der Waals surface area contributed by atoms with Crippen LogP contribution in [0.15, 0.2) is 52.5 Å². The molecule has 0 bridgehead atoms. The first kappa shape index (κ1) is 19.4. The molecule has 1 N–H and O–H groups in total. The molecule has 0 unspecified atom stereocenters. The monoisotopic (exact) mass is 453 g/mol. The van der Waals surface area contributed by atoms with Crippen molar-refractivity contribution in [3.05, 3.63) is 63.6 Å². The minimum absolute atomic E-state index is 0.0687. The van der Waals surface area contributed by atoms with Crippen LogP contribution in [0.3, 0.4) is 0 Å². The summed E-state index contributed by atoms with van der Waals surface area (Å²) in [7, 11) is 0. The second-order valence-corrected chi connectivity index (χ2v) is 8.09. The van der Waals surface area contributed by atoms with E-state index in [0.717, 1.165) is 33.6 Å². The van der Waals surface area contributed by atoms with Crippen LogP contribution in [-0.2, 0) is 9.59 Å². The number of carbonyl (C=O) groups is 3. The van der Waals surface area contributed by atoms with Crippen LogP contribution in [0.4, 0.5) is 16.2 Å². The van der Waals surface area contributed by atoms with E-state index < -0.39 is 17.8 Å². The summed E-state index contributed by atoms with van der Waals surface area (Å²) in [5.74, 6) is -1.32. The van der Waals surface area contributed by atoms with Gasteiger partial charge < -0.3 is 4.90 Å². The molecule has 0 aliphatic carbocycles. The van der Waals surface area contributed by atoms with E-state index in [-0.39, 0.29) is 5.57 Å². The lowest BCUT2D eigenvalue weighted by Gasteiger charge is -2.26. The predicted molar refractivity (Wildman–Crippen MR) is 116 cm³/mol. The Morgan fingerprint density at radius 3 is 2.34 bits per heavy atom. The highest BCUT2D eigenvalue weighted by molar-refractivity contribution is 9.10. The quantitative estimate of drug-likeness (QED) is 0.562. The lowest BCUT2D eigenvalue weighted by atomic mass is 10.0. The molecule has 2 aliphatic heterocycles. The maximum Gasteiger partial charge on any atom is 0.335 e. The first-order valence-corrected chi connectivity index (χ1v) is 10.3. The number of nitrogens with zero attached hydrogens (tertiary/aromatic N) is 2. The van der Waals surface area contributed by atoms with E-state index in [0.29, 0.717) is 5.69 Å². The highest BCUT2D eigenvalue weighted by Crippen LogP contribution is 2.27. The lowest BCUT2D eigenvalue weighted by Crippen LogP contribution is -2.54. The zero-order valence-corrected chi connectivity index (χ0v) is 17.5. The van der Waals surface area contributed by atoms with Gasteiger partial charge in [-0.25, -0.2) is 9.69 Å². The van der Waals surface area contributed by atoms with Crippen LogP contribution < -0.4 is 15.1 Å². The molecule has 0 atom stereocenters. The minimum atomic E-state index is -0.750. The van der Waals surface area contributed by atoms with Gasteiger partial charge in [-0.1, -0.05) is 22.0 Å². The minimum Gasteiger partial charge on any atom is -0.371 e. The van der Waals surface area contributed by atoms with Gasteiger partial charge in [0, 0.05) is 23.2 Å². The van der Waals surface area contributed by atoms with Crippen LogP contribution in [0.25, 0.3) is 6.08 Å². The number of halogens is 1. The molecule has 7 heteroatoms. The molecule has 0 aromatic heterocycles. The Morgan fingerprint density at radius 1 is 1.00 bits per heavy atom. The first-order valence-electron chi connectivity index (χ1n) is 9.46. The summed E-state index contributed by atoms with van der Waals surface area (Å²) < 4.78 is 0.825. The van der Waals surface area contributed by atoms with Crippen LogP contribution in [-0.4, -0.2) is 30.9 Å². The van der Waals surface area contributed by atoms with Gasteiger partial charge in [0.15, 0.2) is 0 Å². The number of hydrogen-bond donors (Lipinski definition) is 1. The molecule has 0 saturated carbocycles. The number of rotatable bonds is 3. The summed E-state index contributed by atoms with van der Waals surface area (Å²) in [4.78, 5) is 40.9. The Hall–Kier alpha value is -2.93. The maximum atomic E-state index is 13.0. The van der Waals surface area contributed by atoms with E-state index in [4.69, 9.17) is 0 Å².